The first kappa shape index (κ1) is 25.5. The first-order chi connectivity index (χ1) is 17.0. The number of rotatable bonds is 13. The van der Waals surface area contributed by atoms with Crippen molar-refractivity contribution in [1.82, 2.24) is 31.0 Å². The van der Waals surface area contributed by atoms with Gasteiger partial charge in [-0.1, -0.05) is 26.0 Å². The quantitative estimate of drug-likeness (QED) is 0.260. The predicted octanol–water partition coefficient (Wildman–Crippen LogP) is 3.51. The molecule has 1 aromatic rings. The van der Waals surface area contributed by atoms with E-state index in [-0.39, 0.29) is 12.2 Å². The predicted molar refractivity (Wildman–Crippen MR) is 144 cm³/mol. The molecule has 2 aliphatic carbocycles. The molecule has 0 spiro atoms. The summed E-state index contributed by atoms with van der Waals surface area (Å²) in [5, 5.41) is 20.6. The fourth-order valence-corrected chi connectivity index (χ4v) is 4.52. The number of aromatic nitrogens is 2. The van der Waals surface area contributed by atoms with Crippen LogP contribution in [0.4, 0.5) is 5.82 Å². The Morgan fingerprint density at radius 1 is 1.29 bits per heavy atom. The highest BCUT2D eigenvalue weighted by molar-refractivity contribution is 9.12. The van der Waals surface area contributed by atoms with Crippen LogP contribution in [0.15, 0.2) is 45.3 Å². The maximum absolute atomic E-state index is 12.2. The smallest absolute Gasteiger partial charge is 0.220 e. The molecule has 1 aliphatic heterocycles. The summed E-state index contributed by atoms with van der Waals surface area (Å²) in [6.45, 7) is 7.94. The number of halogens is 1. The van der Waals surface area contributed by atoms with Crippen molar-refractivity contribution < 1.29 is 4.79 Å². The summed E-state index contributed by atoms with van der Waals surface area (Å²) in [4.78, 5) is 19.0. The SMILES string of the molecule is CCN(CC)CCNC(=O)CCC1C=CC(NC2N=CC(Br)=C(Nc3cc(C4CC4)[nH]n3)N2)=CC1. The number of nitrogens with one attached hydrogen (secondary N) is 5. The average Bonchev–Trinajstić information content (AvgIpc) is 3.62. The van der Waals surface area contributed by atoms with E-state index in [4.69, 9.17) is 0 Å². The Hall–Kier alpha value is -2.59. The van der Waals surface area contributed by atoms with E-state index >= 15 is 0 Å². The van der Waals surface area contributed by atoms with Gasteiger partial charge in [0.05, 0.1) is 4.48 Å². The van der Waals surface area contributed by atoms with Crippen molar-refractivity contribution in [3.63, 3.8) is 0 Å². The Kier molecular flexibility index (Phi) is 9.03. The van der Waals surface area contributed by atoms with Crippen LogP contribution in [0, 0.1) is 5.92 Å². The minimum absolute atomic E-state index is 0.137. The van der Waals surface area contributed by atoms with Gasteiger partial charge in [-0.25, -0.2) is 4.99 Å². The average molecular weight is 546 g/mol. The van der Waals surface area contributed by atoms with Crippen LogP contribution in [0.1, 0.15) is 57.6 Å². The number of anilines is 1. The van der Waals surface area contributed by atoms with E-state index < -0.39 is 0 Å². The first-order valence-electron chi connectivity index (χ1n) is 12.7. The molecule has 0 aromatic carbocycles. The van der Waals surface area contributed by atoms with Crippen LogP contribution in [0.25, 0.3) is 0 Å². The number of nitrogens with zero attached hydrogens (tertiary/aromatic N) is 3. The first-order valence-corrected chi connectivity index (χ1v) is 13.5. The fraction of sp³-hybridized carbons (Fsp3) is 0.560. The van der Waals surface area contributed by atoms with Crippen LogP contribution in [0.5, 0.6) is 0 Å². The zero-order chi connectivity index (χ0) is 24.6. The fourth-order valence-electron chi connectivity index (χ4n) is 4.19. The second-order valence-electron chi connectivity index (χ2n) is 9.23. The number of carbonyl (C=O) groups is 1. The minimum atomic E-state index is -0.287. The van der Waals surface area contributed by atoms with Crippen LogP contribution in [-0.4, -0.2) is 59.7 Å². The van der Waals surface area contributed by atoms with Crippen molar-refractivity contribution in [2.45, 2.75) is 58.2 Å². The largest absolute Gasteiger partial charge is 0.355 e. The molecule has 2 atom stereocenters. The summed E-state index contributed by atoms with van der Waals surface area (Å²) in [5.74, 6) is 2.75. The van der Waals surface area contributed by atoms with E-state index in [0.29, 0.717) is 24.8 Å². The molecule has 4 rings (SSSR count). The Bertz CT molecular complexity index is 989. The molecule has 1 amide bonds. The van der Waals surface area contributed by atoms with Crippen molar-refractivity contribution in [2.24, 2.45) is 10.9 Å². The van der Waals surface area contributed by atoms with Gasteiger partial charge in [-0.3, -0.25) is 9.89 Å². The number of aromatic amines is 1. The lowest BCUT2D eigenvalue weighted by molar-refractivity contribution is -0.121. The number of hydrogen-bond donors (Lipinski definition) is 5. The highest BCUT2D eigenvalue weighted by Crippen LogP contribution is 2.39. The number of aliphatic imine (C=N–C) groups is 1. The number of amides is 1. The number of allylic oxidation sites excluding steroid dienone is 4. The van der Waals surface area contributed by atoms with Gasteiger partial charge in [-0.2, -0.15) is 5.10 Å². The number of likely N-dealkylation sites (N-methyl/N-ethyl adjacent to an activating group) is 1. The van der Waals surface area contributed by atoms with Gasteiger partial charge in [-0.05, 0) is 66.7 Å². The second-order valence-corrected chi connectivity index (χ2v) is 10.1. The van der Waals surface area contributed by atoms with Crippen molar-refractivity contribution in [3.05, 3.63) is 46.0 Å². The summed E-state index contributed by atoms with van der Waals surface area (Å²) in [7, 11) is 0. The molecule has 1 saturated carbocycles. The van der Waals surface area contributed by atoms with E-state index in [9.17, 15) is 4.79 Å². The second kappa shape index (κ2) is 12.4. The zero-order valence-electron chi connectivity index (χ0n) is 20.6. The van der Waals surface area contributed by atoms with Crippen molar-refractivity contribution in [2.75, 3.05) is 31.5 Å². The van der Waals surface area contributed by atoms with E-state index in [0.717, 1.165) is 54.3 Å². The van der Waals surface area contributed by atoms with Gasteiger partial charge >= 0.3 is 0 Å². The molecule has 35 heavy (non-hydrogen) atoms. The van der Waals surface area contributed by atoms with E-state index in [2.05, 4.69) is 95.4 Å². The topological polar surface area (TPSA) is 109 Å². The van der Waals surface area contributed by atoms with Crippen LogP contribution in [0.3, 0.4) is 0 Å². The standard InChI is InChI=1S/C25H37BrN8O/c1-3-34(4-2)14-13-27-23(35)12-7-17-5-10-19(11-6-17)29-25-28-16-20(26)24(31-25)30-22-15-21(32-33-22)18-8-9-18/h5,10-11,15-18,25,29,31H,3-4,6-9,12-14H2,1-2H3,(H,27,35)(H2,30,32,33). The third-order valence-electron chi connectivity index (χ3n) is 6.60. The molecule has 1 fully saturated rings. The van der Waals surface area contributed by atoms with Gasteiger partial charge in [-0.15, -0.1) is 0 Å². The molecule has 10 heteroatoms. The van der Waals surface area contributed by atoms with Crippen LogP contribution in [-0.2, 0) is 4.79 Å². The molecule has 1 aromatic heterocycles. The van der Waals surface area contributed by atoms with Gasteiger partial charge in [0, 0.05) is 49.1 Å². The lowest BCUT2D eigenvalue weighted by atomic mass is 9.94. The molecular weight excluding hydrogens is 508 g/mol. The summed E-state index contributed by atoms with van der Waals surface area (Å²) < 4.78 is 0.843. The van der Waals surface area contributed by atoms with Gasteiger partial charge < -0.3 is 26.2 Å². The van der Waals surface area contributed by atoms with E-state index in [1.54, 1.807) is 6.21 Å². The van der Waals surface area contributed by atoms with Gasteiger partial charge in [0.25, 0.3) is 0 Å². The van der Waals surface area contributed by atoms with Gasteiger partial charge in [0.1, 0.15) is 5.82 Å². The maximum atomic E-state index is 12.2. The highest BCUT2D eigenvalue weighted by atomic mass is 79.9. The minimum Gasteiger partial charge on any atom is -0.355 e. The van der Waals surface area contributed by atoms with E-state index in [1.165, 1.54) is 18.5 Å². The van der Waals surface area contributed by atoms with Crippen molar-refractivity contribution in [3.8, 4) is 0 Å². The third-order valence-corrected chi connectivity index (χ3v) is 7.20. The lowest BCUT2D eigenvalue weighted by Gasteiger charge is -2.26. The molecule has 190 valence electrons. The number of hydrogen-bond acceptors (Lipinski definition) is 7. The van der Waals surface area contributed by atoms with Crippen molar-refractivity contribution >= 4 is 33.9 Å². The molecule has 0 bridgehead atoms. The van der Waals surface area contributed by atoms with Crippen LogP contribution < -0.4 is 21.3 Å². The monoisotopic (exact) mass is 544 g/mol. The molecule has 5 N–H and O–H groups in total. The molecular formula is C25H37BrN8O. The molecule has 2 heterocycles. The summed E-state index contributed by atoms with van der Waals surface area (Å²) in [6, 6.07) is 2.07. The molecule has 9 nitrogen and oxygen atoms in total. The summed E-state index contributed by atoms with van der Waals surface area (Å²) >= 11 is 3.56. The van der Waals surface area contributed by atoms with E-state index in [1.807, 2.05) is 0 Å². The maximum Gasteiger partial charge on any atom is 0.220 e. The highest BCUT2D eigenvalue weighted by Gasteiger charge is 2.26. The Labute approximate surface area is 216 Å². The Morgan fingerprint density at radius 2 is 2.11 bits per heavy atom. The number of H-pyrrole nitrogens is 1. The van der Waals surface area contributed by atoms with Gasteiger partial charge in [0.15, 0.2) is 12.1 Å². The molecule has 0 radical (unpaired) electrons. The molecule has 2 unspecified atom stereocenters. The van der Waals surface area contributed by atoms with Crippen LogP contribution >= 0.6 is 15.9 Å². The molecule has 3 aliphatic rings. The number of carbonyl (C=O) groups excluding carboxylic acids is 1. The summed E-state index contributed by atoms with van der Waals surface area (Å²) in [6.07, 6.45) is 12.7. The van der Waals surface area contributed by atoms with Gasteiger partial charge in [0.2, 0.25) is 5.91 Å². The Morgan fingerprint density at radius 3 is 2.83 bits per heavy atom. The normalized spacial score (nSPS) is 21.7. The van der Waals surface area contributed by atoms with Crippen molar-refractivity contribution in [1.29, 1.82) is 0 Å². The lowest BCUT2D eigenvalue weighted by Crippen LogP contribution is -2.43. The molecule has 0 saturated heterocycles. The summed E-state index contributed by atoms with van der Waals surface area (Å²) in [5.41, 5.74) is 2.21. The zero-order valence-corrected chi connectivity index (χ0v) is 22.2. The Balaban J connectivity index is 1.17. The van der Waals surface area contributed by atoms with Crippen LogP contribution in [0.2, 0.25) is 0 Å². The third kappa shape index (κ3) is 7.70.